The molecule has 2 rings (SSSR count). The van der Waals surface area contributed by atoms with E-state index >= 15 is 0 Å². The predicted octanol–water partition coefficient (Wildman–Crippen LogP) is 1.48. The molecule has 0 spiro atoms. The highest BCUT2D eigenvalue weighted by Gasteiger charge is 2.32. The van der Waals surface area contributed by atoms with Crippen molar-refractivity contribution in [3.05, 3.63) is 29.3 Å². The summed E-state index contributed by atoms with van der Waals surface area (Å²) in [4.78, 5) is 1.39. The molecule has 0 aromatic heterocycles. The second kappa shape index (κ2) is 5.88. The van der Waals surface area contributed by atoms with Crippen LogP contribution in [0.4, 0.5) is 14.5 Å². The Balaban J connectivity index is 2.27. The highest BCUT2D eigenvalue weighted by Crippen LogP contribution is 2.29. The van der Waals surface area contributed by atoms with Crippen LogP contribution in [0.2, 0.25) is 0 Å². The maximum Gasteiger partial charge on any atom is 0.152 e. The summed E-state index contributed by atoms with van der Waals surface area (Å²) in [5.41, 5.74) is 5.95. The zero-order chi connectivity index (χ0) is 15.8. The Hall–Kier alpha value is -1.21. The molecule has 1 aromatic rings. The number of benzene rings is 1. The summed E-state index contributed by atoms with van der Waals surface area (Å²) in [5.74, 6) is -1.37. The minimum absolute atomic E-state index is 0.0635. The highest BCUT2D eigenvalue weighted by molar-refractivity contribution is 7.91. The molecule has 1 saturated heterocycles. The highest BCUT2D eigenvalue weighted by atomic mass is 32.2. The van der Waals surface area contributed by atoms with Gasteiger partial charge in [-0.2, -0.15) is 0 Å². The Morgan fingerprint density at radius 2 is 1.95 bits per heavy atom. The van der Waals surface area contributed by atoms with E-state index in [9.17, 15) is 17.2 Å². The third-order valence-corrected chi connectivity index (χ3v) is 5.49. The van der Waals surface area contributed by atoms with Gasteiger partial charge in [-0.15, -0.1) is 0 Å². The molecule has 1 aliphatic rings. The maximum atomic E-state index is 14.2. The van der Waals surface area contributed by atoms with E-state index in [0.717, 1.165) is 0 Å². The number of anilines is 1. The van der Waals surface area contributed by atoms with Gasteiger partial charge in [0.05, 0.1) is 11.5 Å². The SMILES string of the molecule is CC(N)Cc1cc(F)c(N(C)C2CCS(=O)(=O)C2)c(F)c1. The van der Waals surface area contributed by atoms with Gasteiger partial charge in [0, 0.05) is 19.1 Å². The van der Waals surface area contributed by atoms with Crippen LogP contribution in [0.25, 0.3) is 0 Å². The first-order valence-corrected chi connectivity index (χ1v) is 8.68. The van der Waals surface area contributed by atoms with Crippen molar-refractivity contribution in [1.82, 2.24) is 0 Å². The number of hydrogen-bond acceptors (Lipinski definition) is 4. The molecule has 0 saturated carbocycles. The van der Waals surface area contributed by atoms with Gasteiger partial charge in [0.2, 0.25) is 0 Å². The summed E-state index contributed by atoms with van der Waals surface area (Å²) >= 11 is 0. The molecular weight excluding hydrogens is 298 g/mol. The van der Waals surface area contributed by atoms with Gasteiger partial charge >= 0.3 is 0 Å². The first-order chi connectivity index (χ1) is 9.69. The van der Waals surface area contributed by atoms with Crippen LogP contribution in [0, 0.1) is 11.6 Å². The van der Waals surface area contributed by atoms with Crippen LogP contribution in [0.1, 0.15) is 18.9 Å². The van der Waals surface area contributed by atoms with Crippen LogP contribution >= 0.6 is 0 Å². The second-order valence-electron chi connectivity index (χ2n) is 5.76. The molecule has 1 heterocycles. The summed E-state index contributed by atoms with van der Waals surface area (Å²) in [5, 5.41) is 0. The Morgan fingerprint density at radius 1 is 1.38 bits per heavy atom. The van der Waals surface area contributed by atoms with E-state index in [1.54, 1.807) is 6.92 Å². The van der Waals surface area contributed by atoms with E-state index in [2.05, 4.69) is 0 Å². The van der Waals surface area contributed by atoms with Gasteiger partial charge < -0.3 is 10.6 Å². The van der Waals surface area contributed by atoms with Crippen LogP contribution in [0.15, 0.2) is 12.1 Å². The normalized spacial score (nSPS) is 22.2. The summed E-state index contributed by atoms with van der Waals surface area (Å²) in [6.45, 7) is 1.76. The van der Waals surface area contributed by atoms with Gasteiger partial charge in [-0.25, -0.2) is 17.2 Å². The summed E-state index contributed by atoms with van der Waals surface area (Å²) in [6, 6.07) is 1.95. The first-order valence-electron chi connectivity index (χ1n) is 6.86. The van der Waals surface area contributed by atoms with E-state index in [1.807, 2.05) is 0 Å². The summed E-state index contributed by atoms with van der Waals surface area (Å²) in [6.07, 6.45) is 0.773. The molecule has 4 nitrogen and oxygen atoms in total. The van der Waals surface area contributed by atoms with Gasteiger partial charge in [-0.3, -0.25) is 0 Å². The second-order valence-corrected chi connectivity index (χ2v) is 7.99. The minimum Gasteiger partial charge on any atom is -0.366 e. The molecule has 21 heavy (non-hydrogen) atoms. The molecule has 2 unspecified atom stereocenters. The average Bonchev–Trinajstić information content (AvgIpc) is 2.67. The van der Waals surface area contributed by atoms with Crippen molar-refractivity contribution in [1.29, 1.82) is 0 Å². The molecule has 0 radical (unpaired) electrons. The molecule has 118 valence electrons. The van der Waals surface area contributed by atoms with E-state index in [-0.39, 0.29) is 23.2 Å². The van der Waals surface area contributed by atoms with E-state index in [0.29, 0.717) is 18.4 Å². The van der Waals surface area contributed by atoms with Gasteiger partial charge in [-0.1, -0.05) is 0 Å². The third-order valence-electron chi connectivity index (χ3n) is 3.74. The van der Waals surface area contributed by atoms with Gasteiger partial charge in [0.15, 0.2) is 9.84 Å². The molecule has 2 N–H and O–H groups in total. The lowest BCUT2D eigenvalue weighted by Gasteiger charge is -2.26. The molecule has 1 fully saturated rings. The van der Waals surface area contributed by atoms with Crippen molar-refractivity contribution in [2.24, 2.45) is 5.73 Å². The molecule has 1 aromatic carbocycles. The zero-order valence-electron chi connectivity index (χ0n) is 12.1. The quantitative estimate of drug-likeness (QED) is 0.913. The van der Waals surface area contributed by atoms with Crippen LogP contribution in [0.5, 0.6) is 0 Å². The molecular formula is C14H20F2N2O2S. The summed E-state index contributed by atoms with van der Waals surface area (Å²) < 4.78 is 51.4. The van der Waals surface area contributed by atoms with E-state index < -0.39 is 27.5 Å². The summed E-state index contributed by atoms with van der Waals surface area (Å²) in [7, 11) is -1.58. The minimum atomic E-state index is -3.10. The van der Waals surface area contributed by atoms with Crippen molar-refractivity contribution in [3.8, 4) is 0 Å². The predicted molar refractivity (Wildman–Crippen MR) is 79.2 cm³/mol. The largest absolute Gasteiger partial charge is 0.366 e. The van der Waals surface area contributed by atoms with Gasteiger partial charge in [0.1, 0.15) is 17.3 Å². The van der Waals surface area contributed by atoms with Crippen LogP contribution in [-0.4, -0.2) is 39.1 Å². The molecule has 2 atom stereocenters. The van der Waals surface area contributed by atoms with Crippen LogP contribution in [-0.2, 0) is 16.3 Å². The Kier molecular flexibility index (Phi) is 4.53. The molecule has 0 bridgehead atoms. The van der Waals surface area contributed by atoms with Gasteiger partial charge in [0.25, 0.3) is 0 Å². The molecule has 0 aliphatic carbocycles. The topological polar surface area (TPSA) is 63.4 Å². The number of halogens is 2. The van der Waals surface area contributed by atoms with Crippen molar-refractivity contribution < 1.29 is 17.2 Å². The Labute approximate surface area is 123 Å². The van der Waals surface area contributed by atoms with Crippen molar-refractivity contribution in [2.75, 3.05) is 23.5 Å². The molecule has 7 heteroatoms. The van der Waals surface area contributed by atoms with E-state index in [4.69, 9.17) is 5.73 Å². The fourth-order valence-electron chi connectivity index (χ4n) is 2.71. The maximum absolute atomic E-state index is 14.2. The molecule has 0 amide bonds. The monoisotopic (exact) mass is 318 g/mol. The van der Waals surface area contributed by atoms with Gasteiger partial charge in [-0.05, 0) is 37.5 Å². The van der Waals surface area contributed by atoms with Crippen LogP contribution < -0.4 is 10.6 Å². The van der Waals surface area contributed by atoms with Crippen molar-refractivity contribution in [3.63, 3.8) is 0 Å². The van der Waals surface area contributed by atoms with Crippen molar-refractivity contribution >= 4 is 15.5 Å². The number of rotatable bonds is 4. The zero-order valence-corrected chi connectivity index (χ0v) is 13.0. The van der Waals surface area contributed by atoms with Crippen LogP contribution in [0.3, 0.4) is 0 Å². The number of nitrogens with zero attached hydrogens (tertiary/aromatic N) is 1. The third kappa shape index (κ3) is 3.71. The Bertz CT molecular complexity index is 609. The average molecular weight is 318 g/mol. The molecule has 1 aliphatic heterocycles. The Morgan fingerprint density at radius 3 is 2.38 bits per heavy atom. The van der Waals surface area contributed by atoms with Crippen molar-refractivity contribution in [2.45, 2.75) is 31.8 Å². The number of nitrogens with two attached hydrogens (primary N) is 1. The van der Waals surface area contributed by atoms with E-state index in [1.165, 1.54) is 24.1 Å². The lowest BCUT2D eigenvalue weighted by atomic mass is 10.1. The lowest BCUT2D eigenvalue weighted by Crippen LogP contribution is -2.34. The standard InChI is InChI=1S/C14H20F2N2O2S/c1-9(17)5-10-6-12(15)14(13(16)7-10)18(2)11-3-4-21(19,20)8-11/h6-7,9,11H,3-5,8,17H2,1-2H3. The fraction of sp³-hybridized carbons (Fsp3) is 0.571. The number of sulfone groups is 1. The smallest absolute Gasteiger partial charge is 0.152 e. The lowest BCUT2D eigenvalue weighted by molar-refractivity contribution is 0.557. The fourth-order valence-corrected chi connectivity index (χ4v) is 4.48. The number of hydrogen-bond donors (Lipinski definition) is 1. The first kappa shape index (κ1) is 16.2.